The number of halogens is 3. The summed E-state index contributed by atoms with van der Waals surface area (Å²) in [6.45, 7) is 1.43. The average Bonchev–Trinajstić information content (AvgIpc) is 2.70. The van der Waals surface area contributed by atoms with Crippen molar-refractivity contribution in [1.29, 1.82) is 0 Å². The Bertz CT molecular complexity index is 740. The van der Waals surface area contributed by atoms with Crippen LogP contribution in [0.15, 0.2) is 28.7 Å². The number of phenols is 3. The molecule has 7 heteroatoms. The van der Waals surface area contributed by atoms with Crippen molar-refractivity contribution >= 4 is 44.5 Å². The summed E-state index contributed by atoms with van der Waals surface area (Å²) in [6.07, 6.45) is 0.678. The summed E-state index contributed by atoms with van der Waals surface area (Å²) in [5.41, 5.74) is 2.72. The van der Waals surface area contributed by atoms with Crippen LogP contribution in [0, 0.1) is 0 Å². The highest BCUT2D eigenvalue weighted by atomic mass is 79.9. The lowest BCUT2D eigenvalue weighted by atomic mass is 9.87. The smallest absolute Gasteiger partial charge is 0.176 e. The summed E-state index contributed by atoms with van der Waals surface area (Å²) in [6, 6.07) is 6.91. The molecule has 1 heterocycles. The van der Waals surface area contributed by atoms with Gasteiger partial charge in [-0.2, -0.15) is 0 Å². The molecule has 1 aliphatic heterocycles. The summed E-state index contributed by atoms with van der Waals surface area (Å²) < 4.78 is 0.616. The Labute approximate surface area is 158 Å². The third-order valence-electron chi connectivity index (χ3n) is 4.01. The van der Waals surface area contributed by atoms with E-state index in [1.165, 1.54) is 0 Å². The van der Waals surface area contributed by atoms with Crippen LogP contribution in [0.5, 0.6) is 17.2 Å². The summed E-state index contributed by atoms with van der Waals surface area (Å²) in [5.74, 6) is -0.336. The Balaban J connectivity index is 0.00000192. The SMILES string of the molecule is Br.Oc1ccc(C2CNCCc3c2cc(O)c(O)c3Cl)cc1Br. The summed E-state index contributed by atoms with van der Waals surface area (Å²) in [7, 11) is 0. The molecule has 1 unspecified atom stereocenters. The lowest BCUT2D eigenvalue weighted by Gasteiger charge is -2.20. The molecule has 2 aromatic rings. The highest BCUT2D eigenvalue weighted by Gasteiger charge is 2.25. The first-order chi connectivity index (χ1) is 10.5. The van der Waals surface area contributed by atoms with Crippen molar-refractivity contribution < 1.29 is 15.3 Å². The topological polar surface area (TPSA) is 72.7 Å². The second-order valence-electron chi connectivity index (χ2n) is 5.34. The van der Waals surface area contributed by atoms with Crippen LogP contribution in [0.4, 0.5) is 0 Å². The van der Waals surface area contributed by atoms with Crippen molar-refractivity contribution in [2.24, 2.45) is 0 Å². The molecule has 0 spiro atoms. The predicted octanol–water partition coefficient (Wildman–Crippen LogP) is 4.07. The fourth-order valence-corrected chi connectivity index (χ4v) is 3.55. The second kappa shape index (κ2) is 7.30. The van der Waals surface area contributed by atoms with Crippen molar-refractivity contribution in [2.45, 2.75) is 12.3 Å². The first kappa shape index (κ1) is 18.4. The minimum absolute atomic E-state index is 0. The number of hydrogen-bond donors (Lipinski definition) is 4. The molecule has 4 N–H and O–H groups in total. The molecule has 23 heavy (non-hydrogen) atoms. The molecule has 0 aliphatic carbocycles. The van der Waals surface area contributed by atoms with Crippen LogP contribution in [0.1, 0.15) is 22.6 Å². The molecule has 1 aliphatic rings. The number of hydrogen-bond acceptors (Lipinski definition) is 4. The second-order valence-corrected chi connectivity index (χ2v) is 6.58. The molecule has 0 bridgehead atoms. The highest BCUT2D eigenvalue weighted by Crippen LogP contribution is 2.43. The van der Waals surface area contributed by atoms with Crippen LogP contribution in [0.2, 0.25) is 5.02 Å². The molecule has 2 aromatic carbocycles. The molecule has 1 atom stereocenters. The molecule has 4 nitrogen and oxygen atoms in total. The van der Waals surface area contributed by atoms with Gasteiger partial charge in [0.2, 0.25) is 0 Å². The van der Waals surface area contributed by atoms with Crippen LogP contribution >= 0.6 is 44.5 Å². The van der Waals surface area contributed by atoms with E-state index in [1.807, 2.05) is 12.1 Å². The quantitative estimate of drug-likeness (QED) is 0.479. The molecular formula is C16H16Br2ClNO3. The van der Waals surface area contributed by atoms with Gasteiger partial charge in [0.05, 0.1) is 9.50 Å². The van der Waals surface area contributed by atoms with E-state index >= 15 is 0 Å². The predicted molar refractivity (Wildman–Crippen MR) is 99.3 cm³/mol. The van der Waals surface area contributed by atoms with Crippen LogP contribution in [0.25, 0.3) is 0 Å². The molecule has 0 radical (unpaired) electrons. The van der Waals surface area contributed by atoms with Crippen LogP contribution in [0.3, 0.4) is 0 Å². The molecule has 124 valence electrons. The number of nitrogens with one attached hydrogen (secondary N) is 1. The zero-order valence-corrected chi connectivity index (χ0v) is 16.1. The van der Waals surface area contributed by atoms with E-state index < -0.39 is 0 Å². The Morgan fingerprint density at radius 1 is 1.13 bits per heavy atom. The first-order valence-electron chi connectivity index (χ1n) is 6.91. The first-order valence-corrected chi connectivity index (χ1v) is 8.08. The van der Waals surface area contributed by atoms with Crippen molar-refractivity contribution in [1.82, 2.24) is 5.32 Å². The van der Waals surface area contributed by atoms with Crippen molar-refractivity contribution in [3.63, 3.8) is 0 Å². The van der Waals surface area contributed by atoms with Crippen LogP contribution < -0.4 is 5.32 Å². The largest absolute Gasteiger partial charge is 0.507 e. The van der Waals surface area contributed by atoms with Gasteiger partial charge in [-0.25, -0.2) is 0 Å². The Morgan fingerprint density at radius 3 is 2.57 bits per heavy atom. The fraction of sp³-hybridized carbons (Fsp3) is 0.250. The number of fused-ring (bicyclic) bond motifs is 1. The van der Waals surface area contributed by atoms with E-state index in [4.69, 9.17) is 11.6 Å². The van der Waals surface area contributed by atoms with Gasteiger partial charge in [-0.3, -0.25) is 0 Å². The van der Waals surface area contributed by atoms with Gasteiger partial charge in [0.15, 0.2) is 11.5 Å². The molecular weight excluding hydrogens is 449 g/mol. The molecule has 0 aromatic heterocycles. The maximum absolute atomic E-state index is 9.91. The Hall–Kier alpha value is -0.950. The maximum Gasteiger partial charge on any atom is 0.176 e. The standard InChI is InChI=1S/C16H15BrClNO3.BrH/c17-12-5-8(1-2-13(12)20)11-7-19-4-3-9-10(11)6-14(21)16(22)15(9)18;/h1-2,5-6,11,19-22H,3-4,7H2;1H. The minimum Gasteiger partial charge on any atom is -0.507 e. The summed E-state index contributed by atoms with van der Waals surface area (Å²) in [4.78, 5) is 0. The zero-order chi connectivity index (χ0) is 15.9. The Kier molecular flexibility index (Phi) is 5.84. The van der Waals surface area contributed by atoms with Crippen LogP contribution in [-0.2, 0) is 6.42 Å². The van der Waals surface area contributed by atoms with Gasteiger partial charge in [0.1, 0.15) is 5.75 Å². The van der Waals surface area contributed by atoms with E-state index in [-0.39, 0.29) is 45.2 Å². The minimum atomic E-state index is -0.270. The number of benzene rings is 2. The maximum atomic E-state index is 9.91. The average molecular weight is 466 g/mol. The van der Waals surface area contributed by atoms with Gasteiger partial charge >= 0.3 is 0 Å². The lowest BCUT2D eigenvalue weighted by molar-refractivity contribution is 0.402. The number of aromatic hydroxyl groups is 3. The zero-order valence-electron chi connectivity index (χ0n) is 12.0. The number of rotatable bonds is 1. The van der Waals surface area contributed by atoms with Gasteiger partial charge in [0.25, 0.3) is 0 Å². The van der Waals surface area contributed by atoms with Crippen LogP contribution in [-0.4, -0.2) is 28.4 Å². The van der Waals surface area contributed by atoms with Crippen molar-refractivity contribution in [3.8, 4) is 17.2 Å². The van der Waals surface area contributed by atoms with Crippen molar-refractivity contribution in [2.75, 3.05) is 13.1 Å². The fourth-order valence-electron chi connectivity index (χ4n) is 2.86. The van der Waals surface area contributed by atoms with Gasteiger partial charge in [-0.15, -0.1) is 17.0 Å². The van der Waals surface area contributed by atoms with Gasteiger partial charge < -0.3 is 20.6 Å². The van der Waals surface area contributed by atoms with E-state index in [0.29, 0.717) is 17.4 Å². The van der Waals surface area contributed by atoms with Crippen molar-refractivity contribution in [3.05, 3.63) is 50.5 Å². The number of phenolic OH excluding ortho intramolecular Hbond substituents is 3. The summed E-state index contributed by atoms with van der Waals surface area (Å²) in [5, 5.41) is 33.0. The monoisotopic (exact) mass is 463 g/mol. The third-order valence-corrected chi connectivity index (χ3v) is 5.05. The lowest BCUT2D eigenvalue weighted by Crippen LogP contribution is -2.20. The van der Waals surface area contributed by atoms with Gasteiger partial charge in [-0.1, -0.05) is 17.7 Å². The summed E-state index contributed by atoms with van der Waals surface area (Å²) >= 11 is 9.54. The normalized spacial score (nSPS) is 17.0. The molecule has 0 fully saturated rings. The van der Waals surface area contributed by atoms with E-state index in [2.05, 4.69) is 21.2 Å². The molecule has 0 saturated carbocycles. The van der Waals surface area contributed by atoms with E-state index in [1.54, 1.807) is 12.1 Å². The van der Waals surface area contributed by atoms with E-state index in [9.17, 15) is 15.3 Å². The van der Waals surface area contributed by atoms with Gasteiger partial charge in [0, 0.05) is 12.5 Å². The van der Waals surface area contributed by atoms with Gasteiger partial charge in [-0.05, 0) is 63.8 Å². The molecule has 0 amide bonds. The highest BCUT2D eigenvalue weighted by molar-refractivity contribution is 9.10. The third kappa shape index (κ3) is 3.45. The van der Waals surface area contributed by atoms with E-state index in [0.717, 1.165) is 23.2 Å². The molecule has 3 rings (SSSR count). The Morgan fingerprint density at radius 2 is 1.87 bits per heavy atom. The molecule has 0 saturated heterocycles.